The molecule has 0 atom stereocenters. The molecule has 0 saturated carbocycles. The van der Waals surface area contributed by atoms with Crippen LogP contribution < -0.4 is 4.74 Å². The molecule has 4 nitrogen and oxygen atoms in total. The molecule has 0 N–H and O–H groups in total. The highest BCUT2D eigenvalue weighted by Gasteiger charge is 2.05. The molecule has 0 radical (unpaired) electrons. The van der Waals surface area contributed by atoms with Crippen molar-refractivity contribution >= 4 is 6.29 Å². The third-order valence-electron chi connectivity index (χ3n) is 2.46. The second-order valence-electron chi connectivity index (χ2n) is 3.66. The fraction of sp³-hybridized carbons (Fsp3) is 0.231. The highest BCUT2D eigenvalue weighted by molar-refractivity contribution is 5.76. The number of rotatable bonds is 4. The van der Waals surface area contributed by atoms with Gasteiger partial charge in [-0.2, -0.15) is 5.10 Å². The lowest BCUT2D eigenvalue weighted by molar-refractivity contribution is 0.112. The van der Waals surface area contributed by atoms with E-state index in [1.165, 1.54) is 0 Å². The largest absolute Gasteiger partial charge is 0.494 e. The van der Waals surface area contributed by atoms with Crippen LogP contribution >= 0.6 is 0 Å². The van der Waals surface area contributed by atoms with Gasteiger partial charge < -0.3 is 4.74 Å². The first kappa shape index (κ1) is 11.4. The zero-order valence-electron chi connectivity index (χ0n) is 9.88. The van der Waals surface area contributed by atoms with Crippen molar-refractivity contribution in [2.75, 3.05) is 6.61 Å². The Morgan fingerprint density at radius 1 is 1.47 bits per heavy atom. The van der Waals surface area contributed by atoms with Crippen LogP contribution in [-0.2, 0) is 0 Å². The molecule has 4 heteroatoms. The Morgan fingerprint density at radius 2 is 2.29 bits per heavy atom. The Kier molecular flexibility index (Phi) is 3.23. The van der Waals surface area contributed by atoms with Gasteiger partial charge in [-0.25, -0.2) is 4.68 Å². The monoisotopic (exact) mass is 230 g/mol. The van der Waals surface area contributed by atoms with Crippen LogP contribution in [0.25, 0.3) is 5.69 Å². The smallest absolute Gasteiger partial charge is 0.153 e. The molecule has 0 spiro atoms. The number of aryl methyl sites for hydroxylation is 1. The van der Waals surface area contributed by atoms with E-state index in [1.54, 1.807) is 10.9 Å². The van der Waals surface area contributed by atoms with Crippen molar-refractivity contribution in [1.82, 2.24) is 9.78 Å². The third-order valence-corrected chi connectivity index (χ3v) is 2.46. The van der Waals surface area contributed by atoms with Gasteiger partial charge in [0, 0.05) is 12.3 Å². The number of nitrogens with zero attached hydrogens (tertiary/aromatic N) is 2. The summed E-state index contributed by atoms with van der Waals surface area (Å²) in [5, 5.41) is 4.28. The van der Waals surface area contributed by atoms with Crippen LogP contribution in [0.4, 0.5) is 0 Å². The van der Waals surface area contributed by atoms with Crippen LogP contribution in [0.2, 0.25) is 0 Å². The average molecular weight is 230 g/mol. The quantitative estimate of drug-likeness (QED) is 0.757. The predicted octanol–water partition coefficient (Wildman–Crippen LogP) is 2.39. The average Bonchev–Trinajstić information content (AvgIpc) is 2.71. The van der Waals surface area contributed by atoms with Gasteiger partial charge in [-0.3, -0.25) is 4.79 Å². The molecule has 1 aromatic carbocycles. The third kappa shape index (κ3) is 2.36. The molecule has 0 aliphatic carbocycles. The first-order valence-corrected chi connectivity index (χ1v) is 5.49. The summed E-state index contributed by atoms with van der Waals surface area (Å²) < 4.78 is 7.10. The highest BCUT2D eigenvalue weighted by Crippen LogP contribution is 2.17. The van der Waals surface area contributed by atoms with Crippen LogP contribution in [-0.4, -0.2) is 22.7 Å². The van der Waals surface area contributed by atoms with Crippen molar-refractivity contribution in [2.45, 2.75) is 13.8 Å². The number of hydrogen-bond acceptors (Lipinski definition) is 3. The molecule has 0 aliphatic rings. The predicted molar refractivity (Wildman–Crippen MR) is 64.9 cm³/mol. The fourth-order valence-electron chi connectivity index (χ4n) is 1.60. The lowest BCUT2D eigenvalue weighted by atomic mass is 10.3. The number of hydrogen-bond donors (Lipinski definition) is 0. The minimum atomic E-state index is 0.604. The summed E-state index contributed by atoms with van der Waals surface area (Å²) in [5.41, 5.74) is 2.21. The summed E-state index contributed by atoms with van der Waals surface area (Å²) in [4.78, 5) is 10.8. The first-order valence-electron chi connectivity index (χ1n) is 5.49. The summed E-state index contributed by atoms with van der Waals surface area (Å²) in [6.07, 6.45) is 2.53. The van der Waals surface area contributed by atoms with E-state index in [0.717, 1.165) is 23.4 Å². The van der Waals surface area contributed by atoms with Crippen LogP contribution in [0.15, 0.2) is 30.5 Å². The summed E-state index contributed by atoms with van der Waals surface area (Å²) >= 11 is 0. The summed E-state index contributed by atoms with van der Waals surface area (Å²) in [5.74, 6) is 0.797. The number of aldehydes is 1. The van der Waals surface area contributed by atoms with Gasteiger partial charge in [0.2, 0.25) is 0 Å². The molecule has 0 unspecified atom stereocenters. The molecule has 1 heterocycles. The van der Waals surface area contributed by atoms with Crippen molar-refractivity contribution in [2.24, 2.45) is 0 Å². The highest BCUT2D eigenvalue weighted by atomic mass is 16.5. The van der Waals surface area contributed by atoms with Gasteiger partial charge in [0.25, 0.3) is 0 Å². The minimum absolute atomic E-state index is 0.604. The molecule has 88 valence electrons. The SMILES string of the molecule is CCOc1cccc(-n2cc(C=O)c(C)n2)c1. The standard InChI is InChI=1S/C13H14N2O2/c1-3-17-13-6-4-5-12(7-13)15-8-11(9-16)10(2)14-15/h4-9H,3H2,1-2H3. The van der Waals surface area contributed by atoms with Crippen molar-refractivity contribution in [3.8, 4) is 11.4 Å². The van der Waals surface area contributed by atoms with Gasteiger partial charge in [0.05, 0.1) is 23.6 Å². The van der Waals surface area contributed by atoms with E-state index in [0.29, 0.717) is 12.2 Å². The molecule has 2 aromatic rings. The zero-order chi connectivity index (χ0) is 12.3. The van der Waals surface area contributed by atoms with Crippen molar-refractivity contribution in [1.29, 1.82) is 0 Å². The van der Waals surface area contributed by atoms with E-state index in [4.69, 9.17) is 4.74 Å². The van der Waals surface area contributed by atoms with Gasteiger partial charge in [-0.15, -0.1) is 0 Å². The number of carbonyl (C=O) groups is 1. The molecule has 0 saturated heterocycles. The molecular formula is C13H14N2O2. The molecule has 0 aliphatic heterocycles. The maximum Gasteiger partial charge on any atom is 0.153 e. The van der Waals surface area contributed by atoms with E-state index >= 15 is 0 Å². The second kappa shape index (κ2) is 4.82. The van der Waals surface area contributed by atoms with E-state index in [-0.39, 0.29) is 0 Å². The van der Waals surface area contributed by atoms with E-state index in [2.05, 4.69) is 5.10 Å². The number of benzene rings is 1. The first-order chi connectivity index (χ1) is 8.24. The molecule has 0 amide bonds. The Balaban J connectivity index is 2.38. The van der Waals surface area contributed by atoms with Gasteiger partial charge in [-0.05, 0) is 26.0 Å². The molecule has 2 rings (SSSR count). The summed E-state index contributed by atoms with van der Waals surface area (Å²) in [6.45, 7) is 4.38. The fourth-order valence-corrected chi connectivity index (χ4v) is 1.60. The van der Waals surface area contributed by atoms with Crippen molar-refractivity contribution in [3.05, 3.63) is 41.7 Å². The zero-order valence-corrected chi connectivity index (χ0v) is 9.88. The van der Waals surface area contributed by atoms with Crippen molar-refractivity contribution < 1.29 is 9.53 Å². The Labute approximate surface area is 99.8 Å². The van der Waals surface area contributed by atoms with E-state index in [1.807, 2.05) is 38.1 Å². The Hall–Kier alpha value is -2.10. The lowest BCUT2D eigenvalue weighted by Gasteiger charge is -2.05. The number of ether oxygens (including phenoxy) is 1. The topological polar surface area (TPSA) is 44.1 Å². The normalized spacial score (nSPS) is 10.2. The number of aromatic nitrogens is 2. The van der Waals surface area contributed by atoms with Gasteiger partial charge in [0.15, 0.2) is 6.29 Å². The van der Waals surface area contributed by atoms with Gasteiger partial charge >= 0.3 is 0 Å². The van der Waals surface area contributed by atoms with Crippen LogP contribution in [0.3, 0.4) is 0 Å². The molecule has 1 aromatic heterocycles. The van der Waals surface area contributed by atoms with E-state index < -0.39 is 0 Å². The van der Waals surface area contributed by atoms with Crippen LogP contribution in [0.5, 0.6) is 5.75 Å². The lowest BCUT2D eigenvalue weighted by Crippen LogP contribution is -1.97. The van der Waals surface area contributed by atoms with Gasteiger partial charge in [-0.1, -0.05) is 6.07 Å². The maximum absolute atomic E-state index is 10.8. The Morgan fingerprint density at radius 3 is 2.94 bits per heavy atom. The Bertz CT molecular complexity index is 532. The maximum atomic E-state index is 10.8. The van der Waals surface area contributed by atoms with Gasteiger partial charge in [0.1, 0.15) is 5.75 Å². The summed E-state index contributed by atoms with van der Waals surface area (Å²) in [7, 11) is 0. The van der Waals surface area contributed by atoms with E-state index in [9.17, 15) is 4.79 Å². The van der Waals surface area contributed by atoms with Crippen molar-refractivity contribution in [3.63, 3.8) is 0 Å². The van der Waals surface area contributed by atoms with Crippen LogP contribution in [0.1, 0.15) is 23.0 Å². The molecule has 0 bridgehead atoms. The van der Waals surface area contributed by atoms with Crippen LogP contribution in [0, 0.1) is 6.92 Å². The molecular weight excluding hydrogens is 216 g/mol. The summed E-state index contributed by atoms with van der Waals surface area (Å²) in [6, 6.07) is 7.61. The minimum Gasteiger partial charge on any atom is -0.494 e. The molecule has 0 fully saturated rings. The molecule has 17 heavy (non-hydrogen) atoms. The number of carbonyl (C=O) groups excluding carboxylic acids is 1. The second-order valence-corrected chi connectivity index (χ2v) is 3.66.